The third kappa shape index (κ3) is 4.74. The highest BCUT2D eigenvalue weighted by Gasteiger charge is 2.38. The Bertz CT molecular complexity index is 1320. The molecular formula is C26H25ClN4O4. The normalized spacial score (nSPS) is 18.4. The highest BCUT2D eigenvalue weighted by molar-refractivity contribution is 6.30. The number of anilines is 2. The first-order chi connectivity index (χ1) is 16.9. The number of carbonyl (C=O) groups is 2. The number of rotatable bonds is 4. The number of amides is 3. The van der Waals surface area contributed by atoms with Crippen molar-refractivity contribution in [3.05, 3.63) is 87.3 Å². The first-order valence-electron chi connectivity index (χ1n) is 11.4. The van der Waals surface area contributed by atoms with E-state index in [1.54, 1.807) is 66.3 Å². The van der Waals surface area contributed by atoms with Crippen molar-refractivity contribution in [1.82, 2.24) is 9.47 Å². The van der Waals surface area contributed by atoms with Crippen molar-refractivity contribution < 1.29 is 14.3 Å². The van der Waals surface area contributed by atoms with Gasteiger partial charge >= 0.3 is 6.03 Å². The third-order valence-electron chi connectivity index (χ3n) is 6.56. The van der Waals surface area contributed by atoms with E-state index in [9.17, 15) is 14.4 Å². The van der Waals surface area contributed by atoms with Crippen LogP contribution in [0.25, 0.3) is 0 Å². The summed E-state index contributed by atoms with van der Waals surface area (Å²) < 4.78 is 6.93. The lowest BCUT2D eigenvalue weighted by Crippen LogP contribution is -2.49. The molecule has 2 aliphatic rings. The van der Waals surface area contributed by atoms with E-state index in [1.165, 1.54) is 6.07 Å². The Morgan fingerprint density at radius 3 is 2.40 bits per heavy atom. The quantitative estimate of drug-likeness (QED) is 0.564. The number of ether oxygens (including phenoxy) is 1. The highest BCUT2D eigenvalue weighted by atomic mass is 35.5. The number of pyridine rings is 1. The van der Waals surface area contributed by atoms with E-state index in [0.29, 0.717) is 47.3 Å². The molecule has 1 fully saturated rings. The highest BCUT2D eigenvalue weighted by Crippen LogP contribution is 2.39. The number of nitrogens with one attached hydrogen (secondary N) is 2. The summed E-state index contributed by atoms with van der Waals surface area (Å²) in [5, 5.41) is 6.25. The van der Waals surface area contributed by atoms with E-state index in [0.717, 1.165) is 12.1 Å². The standard InChI is InChI=1S/C26H25ClN4O4/c1-35-21-8-2-17(3-9-21)25(33)30-13-16-12-18(15-30)24-22(10-11-23(32)31(24)14-16)29-26(34)28-20-6-4-19(27)5-7-20/h2-11,16,18H,12-15H2,1H3,(H2,28,29,34)/t16-,18-/m1/s1. The van der Waals surface area contributed by atoms with Gasteiger partial charge in [0.2, 0.25) is 0 Å². The predicted molar refractivity (Wildman–Crippen MR) is 135 cm³/mol. The van der Waals surface area contributed by atoms with Crippen LogP contribution >= 0.6 is 11.6 Å². The van der Waals surface area contributed by atoms with Crippen LogP contribution in [-0.2, 0) is 6.54 Å². The van der Waals surface area contributed by atoms with Crippen molar-refractivity contribution >= 4 is 34.9 Å². The summed E-state index contributed by atoms with van der Waals surface area (Å²) in [6.07, 6.45) is 0.851. The van der Waals surface area contributed by atoms with Gasteiger partial charge in [-0.15, -0.1) is 0 Å². The van der Waals surface area contributed by atoms with E-state index >= 15 is 0 Å². The number of carbonyl (C=O) groups excluding carboxylic acids is 2. The van der Waals surface area contributed by atoms with E-state index in [2.05, 4.69) is 10.6 Å². The molecule has 180 valence electrons. The number of methoxy groups -OCH3 is 1. The van der Waals surface area contributed by atoms with Crippen molar-refractivity contribution in [3.63, 3.8) is 0 Å². The van der Waals surface area contributed by atoms with E-state index in [4.69, 9.17) is 16.3 Å². The molecule has 2 atom stereocenters. The molecule has 0 spiro atoms. The molecule has 3 amide bonds. The van der Waals surface area contributed by atoms with Crippen molar-refractivity contribution in [3.8, 4) is 5.75 Å². The van der Waals surface area contributed by atoms with Gasteiger partial charge in [0.1, 0.15) is 5.75 Å². The number of nitrogens with zero attached hydrogens (tertiary/aromatic N) is 2. The number of hydrogen-bond donors (Lipinski definition) is 2. The minimum atomic E-state index is -0.419. The Morgan fingerprint density at radius 2 is 1.69 bits per heavy atom. The second-order valence-corrected chi connectivity index (χ2v) is 9.34. The summed E-state index contributed by atoms with van der Waals surface area (Å²) in [6.45, 7) is 1.56. The van der Waals surface area contributed by atoms with Crippen LogP contribution in [0.2, 0.25) is 5.02 Å². The Labute approximate surface area is 207 Å². The van der Waals surface area contributed by atoms with Crippen LogP contribution in [-0.4, -0.2) is 41.6 Å². The summed E-state index contributed by atoms with van der Waals surface area (Å²) in [5.41, 5.74) is 2.42. The zero-order chi connectivity index (χ0) is 24.5. The van der Waals surface area contributed by atoms with Gasteiger partial charge in [-0.2, -0.15) is 0 Å². The van der Waals surface area contributed by atoms with Crippen molar-refractivity contribution in [2.24, 2.45) is 5.92 Å². The van der Waals surface area contributed by atoms with Gasteiger partial charge in [-0.1, -0.05) is 11.6 Å². The molecule has 2 N–H and O–H groups in total. The molecule has 8 nitrogen and oxygen atoms in total. The van der Waals surface area contributed by atoms with Crippen LogP contribution in [0.15, 0.2) is 65.5 Å². The van der Waals surface area contributed by atoms with Gasteiger partial charge in [0, 0.05) is 53.6 Å². The van der Waals surface area contributed by atoms with Crippen LogP contribution in [0, 0.1) is 5.92 Å². The molecule has 35 heavy (non-hydrogen) atoms. The molecule has 5 rings (SSSR count). The van der Waals surface area contributed by atoms with Gasteiger partial charge in [-0.25, -0.2) is 4.79 Å². The van der Waals surface area contributed by atoms with E-state index in [-0.39, 0.29) is 23.3 Å². The minimum absolute atomic E-state index is 0.0518. The fourth-order valence-electron chi connectivity index (χ4n) is 5.02. The maximum absolute atomic E-state index is 13.2. The average molecular weight is 493 g/mol. The molecule has 3 heterocycles. The lowest BCUT2D eigenvalue weighted by Gasteiger charge is -2.43. The molecule has 0 aliphatic carbocycles. The molecule has 3 aromatic rings. The minimum Gasteiger partial charge on any atom is -0.497 e. The monoisotopic (exact) mass is 492 g/mol. The van der Waals surface area contributed by atoms with Crippen LogP contribution in [0.1, 0.15) is 28.4 Å². The topological polar surface area (TPSA) is 92.7 Å². The lowest BCUT2D eigenvalue weighted by molar-refractivity contribution is 0.0595. The maximum Gasteiger partial charge on any atom is 0.323 e. The molecule has 1 aromatic heterocycles. The van der Waals surface area contributed by atoms with Crippen molar-refractivity contribution in [2.45, 2.75) is 18.9 Å². The molecule has 2 aliphatic heterocycles. The number of hydrogen-bond acceptors (Lipinski definition) is 4. The number of fused-ring (bicyclic) bond motifs is 4. The van der Waals surface area contributed by atoms with Gasteiger partial charge in [-0.3, -0.25) is 9.59 Å². The molecular weight excluding hydrogens is 468 g/mol. The number of urea groups is 1. The van der Waals surface area contributed by atoms with Gasteiger partial charge in [0.05, 0.1) is 12.8 Å². The van der Waals surface area contributed by atoms with E-state index in [1.807, 2.05) is 4.90 Å². The van der Waals surface area contributed by atoms with E-state index < -0.39 is 6.03 Å². The Hall–Kier alpha value is -3.78. The smallest absolute Gasteiger partial charge is 0.323 e. The van der Waals surface area contributed by atoms with Crippen molar-refractivity contribution in [2.75, 3.05) is 30.8 Å². The molecule has 0 radical (unpaired) electrons. The number of benzene rings is 2. The molecule has 0 saturated carbocycles. The summed E-state index contributed by atoms with van der Waals surface area (Å²) >= 11 is 5.91. The van der Waals surface area contributed by atoms with Gasteiger partial charge in [0.25, 0.3) is 11.5 Å². The maximum atomic E-state index is 13.2. The van der Waals surface area contributed by atoms with Gasteiger partial charge < -0.3 is 24.8 Å². The number of likely N-dealkylation sites (tertiary alicyclic amines) is 1. The predicted octanol–water partition coefficient (Wildman–Crippen LogP) is 4.41. The molecule has 1 saturated heterocycles. The Kier molecular flexibility index (Phi) is 6.21. The third-order valence-corrected chi connectivity index (χ3v) is 6.82. The largest absolute Gasteiger partial charge is 0.497 e. The lowest BCUT2D eigenvalue weighted by atomic mass is 9.82. The van der Waals surface area contributed by atoms with Gasteiger partial charge in [0.15, 0.2) is 0 Å². The van der Waals surface area contributed by atoms with Crippen LogP contribution < -0.4 is 20.9 Å². The molecule has 9 heteroatoms. The first kappa shape index (κ1) is 23.0. The Morgan fingerprint density at radius 1 is 0.943 bits per heavy atom. The molecule has 2 aromatic carbocycles. The SMILES string of the molecule is COc1ccc(C(=O)N2C[C@H]3C[C@H](C2)c2c(NC(=O)Nc4ccc(Cl)cc4)ccc(=O)n2C3)cc1. The second kappa shape index (κ2) is 9.46. The fraction of sp³-hybridized carbons (Fsp3) is 0.269. The van der Waals surface area contributed by atoms with Crippen LogP contribution in [0.5, 0.6) is 5.75 Å². The molecule has 0 unspecified atom stereocenters. The fourth-order valence-corrected chi connectivity index (χ4v) is 5.15. The van der Waals surface area contributed by atoms with Crippen LogP contribution in [0.3, 0.4) is 0 Å². The summed E-state index contributed by atoms with van der Waals surface area (Å²) in [4.78, 5) is 40.5. The first-order valence-corrected chi connectivity index (χ1v) is 11.8. The molecule has 2 bridgehead atoms. The summed E-state index contributed by atoms with van der Waals surface area (Å²) in [6, 6.07) is 16.6. The van der Waals surface area contributed by atoms with Crippen molar-refractivity contribution in [1.29, 1.82) is 0 Å². The summed E-state index contributed by atoms with van der Waals surface area (Å²) in [7, 11) is 1.59. The Balaban J connectivity index is 1.38. The number of aromatic nitrogens is 1. The zero-order valence-corrected chi connectivity index (χ0v) is 19.9. The zero-order valence-electron chi connectivity index (χ0n) is 19.2. The average Bonchev–Trinajstić information content (AvgIpc) is 2.86. The second-order valence-electron chi connectivity index (χ2n) is 8.90. The van der Waals surface area contributed by atoms with Crippen LogP contribution in [0.4, 0.5) is 16.2 Å². The summed E-state index contributed by atoms with van der Waals surface area (Å²) in [5.74, 6) is 0.741. The number of halogens is 1. The number of piperidine rings is 1. The van der Waals surface area contributed by atoms with Gasteiger partial charge in [-0.05, 0) is 66.9 Å².